The molecule has 0 bridgehead atoms. The Hall–Kier alpha value is -4.76. The van der Waals surface area contributed by atoms with Crippen molar-refractivity contribution in [2.45, 2.75) is 0 Å². The molecule has 0 unspecified atom stereocenters. The van der Waals surface area contributed by atoms with Gasteiger partial charge in [0, 0.05) is 12.6 Å². The average Bonchev–Trinajstić information content (AvgIpc) is 2.97. The predicted octanol–water partition coefficient (Wildman–Crippen LogP) is 9.89. The number of benzene rings is 6. The first kappa shape index (κ1) is 23.6. The molecular formula is C35H25F2N. The normalized spacial score (nSPS) is 11.0. The molecule has 6 rings (SSSR count). The summed E-state index contributed by atoms with van der Waals surface area (Å²) in [5, 5.41) is 2.34. The lowest BCUT2D eigenvalue weighted by molar-refractivity contribution is 0.619. The van der Waals surface area contributed by atoms with Crippen LogP contribution in [0.25, 0.3) is 44.2 Å². The molecule has 6 aromatic rings. The molecule has 0 aliphatic carbocycles. The van der Waals surface area contributed by atoms with Crippen molar-refractivity contribution in [3.63, 3.8) is 0 Å². The van der Waals surface area contributed by atoms with Crippen LogP contribution in [-0.4, -0.2) is 7.05 Å². The van der Waals surface area contributed by atoms with Crippen LogP contribution in [0, 0.1) is 11.6 Å². The van der Waals surface area contributed by atoms with Gasteiger partial charge in [0.15, 0.2) is 5.82 Å². The summed E-state index contributed by atoms with van der Waals surface area (Å²) in [7, 11) is 1.69. The molecule has 1 nitrogen and oxygen atoms in total. The minimum Gasteiger partial charge on any atom is -0.340 e. The van der Waals surface area contributed by atoms with Gasteiger partial charge in [0.05, 0.1) is 11.4 Å². The van der Waals surface area contributed by atoms with Gasteiger partial charge in [-0.25, -0.2) is 8.78 Å². The van der Waals surface area contributed by atoms with Gasteiger partial charge in [0.2, 0.25) is 0 Å². The molecule has 3 heteroatoms. The number of halogens is 2. The second kappa shape index (κ2) is 9.95. The molecule has 0 aliphatic heterocycles. The second-order valence-corrected chi connectivity index (χ2v) is 9.31. The summed E-state index contributed by atoms with van der Waals surface area (Å²) in [6, 6.07) is 42.4. The third-order valence-electron chi connectivity index (χ3n) is 7.03. The monoisotopic (exact) mass is 497 g/mol. The van der Waals surface area contributed by atoms with Gasteiger partial charge < -0.3 is 4.90 Å². The highest BCUT2D eigenvalue weighted by Crippen LogP contribution is 2.41. The molecule has 0 aliphatic rings. The van der Waals surface area contributed by atoms with Crippen LogP contribution >= 0.6 is 0 Å². The maximum atomic E-state index is 16.4. The fourth-order valence-electron chi connectivity index (χ4n) is 5.14. The summed E-state index contributed by atoms with van der Waals surface area (Å²) >= 11 is 0. The lowest BCUT2D eigenvalue weighted by atomic mass is 9.90. The number of para-hydroxylation sites is 1. The van der Waals surface area contributed by atoms with Crippen molar-refractivity contribution in [1.82, 2.24) is 0 Å². The van der Waals surface area contributed by atoms with Gasteiger partial charge in [-0.15, -0.1) is 0 Å². The van der Waals surface area contributed by atoms with Crippen LogP contribution < -0.4 is 4.90 Å². The van der Waals surface area contributed by atoms with Crippen molar-refractivity contribution < 1.29 is 8.78 Å². The molecule has 0 atom stereocenters. The van der Waals surface area contributed by atoms with Gasteiger partial charge in [0.25, 0.3) is 0 Å². The molecule has 0 amide bonds. The highest BCUT2D eigenvalue weighted by Gasteiger charge is 2.21. The van der Waals surface area contributed by atoms with Crippen LogP contribution in [0.4, 0.5) is 20.2 Å². The van der Waals surface area contributed by atoms with Gasteiger partial charge in [-0.2, -0.15) is 0 Å². The highest BCUT2D eigenvalue weighted by molar-refractivity contribution is 5.98. The van der Waals surface area contributed by atoms with E-state index in [4.69, 9.17) is 0 Å². The van der Waals surface area contributed by atoms with Crippen molar-refractivity contribution in [2.24, 2.45) is 0 Å². The number of nitrogens with zero attached hydrogens (tertiary/aromatic N) is 1. The lowest BCUT2D eigenvalue weighted by Gasteiger charge is -2.23. The van der Waals surface area contributed by atoms with Gasteiger partial charge in [0.1, 0.15) is 5.82 Å². The Morgan fingerprint density at radius 2 is 1.13 bits per heavy atom. The summed E-state index contributed by atoms with van der Waals surface area (Å²) in [6.45, 7) is 0. The average molecular weight is 498 g/mol. The number of hydrogen-bond donors (Lipinski definition) is 0. The van der Waals surface area contributed by atoms with Crippen LogP contribution in [0.2, 0.25) is 0 Å². The summed E-state index contributed by atoms with van der Waals surface area (Å²) < 4.78 is 31.0. The molecule has 0 heterocycles. The molecule has 0 N–H and O–H groups in total. The Kier molecular flexibility index (Phi) is 6.19. The molecular weight excluding hydrogens is 472 g/mol. The van der Waals surface area contributed by atoms with E-state index in [-0.39, 0.29) is 0 Å². The van der Waals surface area contributed by atoms with Crippen molar-refractivity contribution in [2.75, 3.05) is 11.9 Å². The van der Waals surface area contributed by atoms with E-state index in [0.29, 0.717) is 16.9 Å². The van der Waals surface area contributed by atoms with E-state index in [1.807, 2.05) is 60.7 Å². The Bertz CT molecular complexity index is 1750. The van der Waals surface area contributed by atoms with Crippen molar-refractivity contribution in [3.05, 3.63) is 145 Å². The largest absolute Gasteiger partial charge is 0.340 e. The van der Waals surface area contributed by atoms with E-state index in [9.17, 15) is 4.39 Å². The third-order valence-corrected chi connectivity index (χ3v) is 7.03. The standard InChI is InChI=1S/C35H25F2N/c1-38(32-20-8-7-19-31(32)36)33-22-21-30(34(35(33)37)25-12-3-2-4-13-25)27-16-9-15-26(23-27)29-18-10-14-24-11-5-6-17-28(24)29/h2-23H,1H3. The van der Waals surface area contributed by atoms with Gasteiger partial charge in [-0.1, -0.05) is 109 Å². The zero-order valence-corrected chi connectivity index (χ0v) is 20.9. The molecule has 0 saturated carbocycles. The van der Waals surface area contributed by atoms with E-state index in [2.05, 4.69) is 42.5 Å². The van der Waals surface area contributed by atoms with Crippen molar-refractivity contribution in [1.29, 1.82) is 0 Å². The fourth-order valence-corrected chi connectivity index (χ4v) is 5.14. The Morgan fingerprint density at radius 1 is 0.500 bits per heavy atom. The quantitative estimate of drug-likeness (QED) is 0.229. The SMILES string of the molecule is CN(c1ccccc1F)c1ccc(-c2cccc(-c3cccc4ccccc34)c2)c(-c2ccccc2)c1F. The van der Waals surface area contributed by atoms with Crippen molar-refractivity contribution in [3.8, 4) is 33.4 Å². The third kappa shape index (κ3) is 4.22. The maximum absolute atomic E-state index is 16.4. The summed E-state index contributed by atoms with van der Waals surface area (Å²) in [5.74, 6) is -0.794. The molecule has 6 aromatic carbocycles. The van der Waals surface area contributed by atoms with Crippen LogP contribution in [-0.2, 0) is 0 Å². The Labute approximate surface area is 221 Å². The first-order chi connectivity index (χ1) is 18.6. The van der Waals surface area contributed by atoms with Gasteiger partial charge in [-0.3, -0.25) is 0 Å². The van der Waals surface area contributed by atoms with Crippen LogP contribution in [0.1, 0.15) is 0 Å². The van der Waals surface area contributed by atoms with Crippen LogP contribution in [0.5, 0.6) is 0 Å². The summed E-state index contributed by atoms with van der Waals surface area (Å²) in [4.78, 5) is 1.56. The van der Waals surface area contributed by atoms with E-state index in [0.717, 1.165) is 27.8 Å². The van der Waals surface area contributed by atoms with E-state index in [1.165, 1.54) is 16.8 Å². The number of hydrogen-bond acceptors (Lipinski definition) is 1. The van der Waals surface area contributed by atoms with E-state index < -0.39 is 11.6 Å². The molecule has 184 valence electrons. The molecule has 38 heavy (non-hydrogen) atoms. The van der Waals surface area contributed by atoms with Crippen LogP contribution in [0.15, 0.2) is 133 Å². The molecule has 0 spiro atoms. The predicted molar refractivity (Wildman–Crippen MR) is 155 cm³/mol. The topological polar surface area (TPSA) is 3.24 Å². The second-order valence-electron chi connectivity index (χ2n) is 9.31. The molecule has 0 radical (unpaired) electrons. The minimum atomic E-state index is -0.400. The van der Waals surface area contributed by atoms with Gasteiger partial charge >= 0.3 is 0 Å². The Balaban J connectivity index is 1.53. The van der Waals surface area contributed by atoms with E-state index in [1.54, 1.807) is 36.2 Å². The Morgan fingerprint density at radius 3 is 1.95 bits per heavy atom. The van der Waals surface area contributed by atoms with Crippen molar-refractivity contribution >= 4 is 22.1 Å². The van der Waals surface area contributed by atoms with E-state index >= 15 is 4.39 Å². The maximum Gasteiger partial charge on any atom is 0.155 e. The zero-order valence-electron chi connectivity index (χ0n) is 20.9. The molecule has 0 fully saturated rings. The lowest BCUT2D eigenvalue weighted by Crippen LogP contribution is -2.13. The molecule has 0 saturated heterocycles. The highest BCUT2D eigenvalue weighted by atomic mass is 19.1. The van der Waals surface area contributed by atoms with Gasteiger partial charge in [-0.05, 0) is 62.9 Å². The van der Waals surface area contributed by atoms with Crippen LogP contribution in [0.3, 0.4) is 0 Å². The fraction of sp³-hybridized carbons (Fsp3) is 0.0286. The smallest absolute Gasteiger partial charge is 0.155 e. The first-order valence-electron chi connectivity index (χ1n) is 12.6. The number of anilines is 2. The number of fused-ring (bicyclic) bond motifs is 1. The minimum absolute atomic E-state index is 0.308. The summed E-state index contributed by atoms with van der Waals surface area (Å²) in [6.07, 6.45) is 0. The zero-order chi connectivity index (χ0) is 26.1. The summed E-state index contributed by atoms with van der Waals surface area (Å²) in [5.41, 5.74) is 5.75. The molecule has 0 aromatic heterocycles. The number of rotatable bonds is 5. The first-order valence-corrected chi connectivity index (χ1v) is 12.6.